The van der Waals surface area contributed by atoms with E-state index in [-0.39, 0.29) is 11.2 Å². The van der Waals surface area contributed by atoms with Gasteiger partial charge in [0.15, 0.2) is 0 Å². The Morgan fingerprint density at radius 1 is 1.08 bits per heavy atom. The van der Waals surface area contributed by atoms with Crippen LogP contribution in [0.15, 0.2) is 24.3 Å². The summed E-state index contributed by atoms with van der Waals surface area (Å²) in [4.78, 5) is 19.3. The van der Waals surface area contributed by atoms with E-state index >= 15 is 0 Å². The highest BCUT2D eigenvalue weighted by molar-refractivity contribution is 5.83. The average molecular weight is 345 g/mol. The van der Waals surface area contributed by atoms with Crippen LogP contribution in [0.4, 0.5) is 10.1 Å². The number of benzene rings is 1. The fraction of sp³-hybridized carbons (Fsp3) is 0.650. The first-order chi connectivity index (χ1) is 12.1. The summed E-state index contributed by atoms with van der Waals surface area (Å²) in [6.07, 6.45) is 5.27. The molecule has 1 aromatic carbocycles. The van der Waals surface area contributed by atoms with E-state index in [1.54, 1.807) is 6.07 Å². The van der Waals surface area contributed by atoms with Crippen molar-refractivity contribution in [3.8, 4) is 0 Å². The van der Waals surface area contributed by atoms with Gasteiger partial charge in [0, 0.05) is 39.3 Å². The molecule has 1 amide bonds. The van der Waals surface area contributed by atoms with Crippen LogP contribution >= 0.6 is 0 Å². The van der Waals surface area contributed by atoms with E-state index < -0.39 is 0 Å². The number of amides is 1. The molecule has 25 heavy (non-hydrogen) atoms. The lowest BCUT2D eigenvalue weighted by Crippen LogP contribution is -2.50. The number of likely N-dealkylation sites (tertiary alicyclic amines) is 2. The topological polar surface area (TPSA) is 26.8 Å². The maximum Gasteiger partial charge on any atom is 0.229 e. The summed E-state index contributed by atoms with van der Waals surface area (Å²) >= 11 is 0. The number of nitrogens with zero attached hydrogens (tertiary/aromatic N) is 3. The SMILES string of the molecule is CN1CCCC2(CCN(C3CCN(c4ccccc4F)CC3)C2)C1=O. The lowest BCUT2D eigenvalue weighted by Gasteiger charge is -2.40. The number of hydrogen-bond donors (Lipinski definition) is 0. The normalized spacial score (nSPS) is 29.0. The van der Waals surface area contributed by atoms with Crippen LogP contribution < -0.4 is 4.90 Å². The molecule has 0 N–H and O–H groups in total. The summed E-state index contributed by atoms with van der Waals surface area (Å²) in [5.41, 5.74) is 0.596. The van der Waals surface area contributed by atoms with Crippen molar-refractivity contribution in [3.05, 3.63) is 30.1 Å². The van der Waals surface area contributed by atoms with E-state index in [1.807, 2.05) is 24.1 Å². The third kappa shape index (κ3) is 3.03. The first kappa shape index (κ1) is 16.8. The van der Waals surface area contributed by atoms with E-state index in [0.717, 1.165) is 70.5 Å². The highest BCUT2D eigenvalue weighted by Gasteiger charge is 2.48. The van der Waals surface area contributed by atoms with Crippen LogP contribution in [0.3, 0.4) is 0 Å². The van der Waals surface area contributed by atoms with Crippen molar-refractivity contribution in [1.29, 1.82) is 0 Å². The quantitative estimate of drug-likeness (QED) is 0.825. The molecular formula is C20H28FN3O. The molecule has 1 unspecified atom stereocenters. The zero-order valence-corrected chi connectivity index (χ0v) is 15.1. The summed E-state index contributed by atoms with van der Waals surface area (Å²) in [7, 11) is 1.94. The van der Waals surface area contributed by atoms with Crippen LogP contribution in [0.1, 0.15) is 32.1 Å². The molecule has 0 aliphatic carbocycles. The third-order valence-electron chi connectivity index (χ3n) is 6.51. The van der Waals surface area contributed by atoms with Crippen LogP contribution in [0, 0.1) is 11.2 Å². The van der Waals surface area contributed by atoms with Gasteiger partial charge in [-0.25, -0.2) is 4.39 Å². The first-order valence-electron chi connectivity index (χ1n) is 9.58. The van der Waals surface area contributed by atoms with Gasteiger partial charge in [0.1, 0.15) is 5.82 Å². The zero-order valence-electron chi connectivity index (χ0n) is 15.1. The Hall–Kier alpha value is -1.62. The Labute approximate surface area is 149 Å². The highest BCUT2D eigenvalue weighted by Crippen LogP contribution is 2.41. The lowest BCUT2D eigenvalue weighted by molar-refractivity contribution is -0.144. The van der Waals surface area contributed by atoms with Crippen molar-refractivity contribution < 1.29 is 9.18 Å². The molecule has 4 nitrogen and oxygen atoms in total. The molecule has 3 saturated heterocycles. The zero-order chi connectivity index (χ0) is 17.4. The van der Waals surface area contributed by atoms with E-state index in [2.05, 4.69) is 9.80 Å². The van der Waals surface area contributed by atoms with E-state index in [9.17, 15) is 9.18 Å². The molecule has 0 aromatic heterocycles. The highest BCUT2D eigenvalue weighted by atomic mass is 19.1. The Kier molecular flexibility index (Phi) is 4.44. The Balaban J connectivity index is 1.38. The van der Waals surface area contributed by atoms with Gasteiger partial charge in [-0.05, 0) is 50.8 Å². The second-order valence-corrected chi connectivity index (χ2v) is 8.00. The predicted octanol–water partition coefficient (Wildman–Crippen LogP) is 2.74. The van der Waals surface area contributed by atoms with E-state index in [0.29, 0.717) is 11.9 Å². The molecule has 3 aliphatic heterocycles. The molecule has 0 radical (unpaired) electrons. The van der Waals surface area contributed by atoms with Crippen molar-refractivity contribution >= 4 is 11.6 Å². The number of anilines is 1. The Morgan fingerprint density at radius 2 is 1.84 bits per heavy atom. The van der Waals surface area contributed by atoms with Gasteiger partial charge in [-0.2, -0.15) is 0 Å². The summed E-state index contributed by atoms with van der Waals surface area (Å²) in [5.74, 6) is 0.224. The number of hydrogen-bond acceptors (Lipinski definition) is 3. The van der Waals surface area contributed by atoms with Gasteiger partial charge >= 0.3 is 0 Å². The average Bonchev–Trinajstić information content (AvgIpc) is 3.05. The van der Waals surface area contributed by atoms with Crippen molar-refractivity contribution in [2.24, 2.45) is 5.41 Å². The summed E-state index contributed by atoms with van der Waals surface area (Å²) in [5, 5.41) is 0. The fourth-order valence-corrected chi connectivity index (χ4v) is 5.04. The Bertz CT molecular complexity index is 644. The van der Waals surface area contributed by atoms with Gasteiger partial charge < -0.3 is 9.80 Å². The molecule has 136 valence electrons. The van der Waals surface area contributed by atoms with Crippen LogP contribution in [0.25, 0.3) is 0 Å². The Morgan fingerprint density at radius 3 is 2.60 bits per heavy atom. The minimum Gasteiger partial charge on any atom is -0.369 e. The second-order valence-electron chi connectivity index (χ2n) is 8.00. The van der Waals surface area contributed by atoms with Crippen molar-refractivity contribution in [3.63, 3.8) is 0 Å². The van der Waals surface area contributed by atoms with E-state index in [1.165, 1.54) is 6.07 Å². The molecule has 1 aromatic rings. The van der Waals surface area contributed by atoms with Gasteiger partial charge in [0.05, 0.1) is 11.1 Å². The van der Waals surface area contributed by atoms with E-state index in [4.69, 9.17) is 0 Å². The number of halogens is 1. The molecule has 0 bridgehead atoms. The maximum atomic E-state index is 14.0. The molecule has 1 atom stereocenters. The van der Waals surface area contributed by atoms with Crippen LogP contribution in [-0.4, -0.2) is 61.5 Å². The maximum absolute atomic E-state index is 14.0. The summed E-state index contributed by atoms with van der Waals surface area (Å²) in [6, 6.07) is 7.59. The minimum absolute atomic E-state index is 0.128. The van der Waals surface area contributed by atoms with Crippen LogP contribution in [0.5, 0.6) is 0 Å². The first-order valence-corrected chi connectivity index (χ1v) is 9.58. The lowest BCUT2D eigenvalue weighted by atomic mass is 9.78. The standard InChI is InChI=1S/C20H28FN3O/c1-22-11-4-9-20(19(22)25)10-14-24(15-20)16-7-12-23(13-8-16)18-6-3-2-5-17(18)21/h2-3,5-6,16H,4,7-15H2,1H3. The number of piperidine rings is 2. The second kappa shape index (κ2) is 6.60. The molecule has 3 aliphatic rings. The fourth-order valence-electron chi connectivity index (χ4n) is 5.04. The van der Waals surface area contributed by atoms with Gasteiger partial charge in [0.25, 0.3) is 0 Å². The minimum atomic E-state index is -0.129. The smallest absolute Gasteiger partial charge is 0.229 e. The molecule has 3 fully saturated rings. The molecule has 0 saturated carbocycles. The molecule has 1 spiro atoms. The summed E-state index contributed by atoms with van der Waals surface area (Å²) in [6.45, 7) is 4.64. The number of carbonyl (C=O) groups excluding carboxylic acids is 1. The number of carbonyl (C=O) groups is 1. The molecule has 3 heterocycles. The molecule has 5 heteroatoms. The van der Waals surface area contributed by atoms with Crippen LogP contribution in [-0.2, 0) is 4.79 Å². The van der Waals surface area contributed by atoms with Crippen molar-refractivity contribution in [2.45, 2.75) is 38.1 Å². The third-order valence-corrected chi connectivity index (χ3v) is 6.51. The largest absolute Gasteiger partial charge is 0.369 e. The number of para-hydroxylation sites is 1. The van der Waals surface area contributed by atoms with Gasteiger partial charge in [-0.15, -0.1) is 0 Å². The van der Waals surface area contributed by atoms with Gasteiger partial charge in [0.2, 0.25) is 5.91 Å². The van der Waals surface area contributed by atoms with Gasteiger partial charge in [-0.1, -0.05) is 12.1 Å². The van der Waals surface area contributed by atoms with Crippen LogP contribution in [0.2, 0.25) is 0 Å². The molecular weight excluding hydrogens is 317 g/mol. The molecule has 4 rings (SSSR count). The summed E-state index contributed by atoms with van der Waals surface area (Å²) < 4.78 is 14.0. The predicted molar refractivity (Wildman–Crippen MR) is 97.1 cm³/mol. The van der Waals surface area contributed by atoms with Gasteiger partial charge in [-0.3, -0.25) is 9.69 Å². The monoisotopic (exact) mass is 345 g/mol. The number of rotatable bonds is 2. The van der Waals surface area contributed by atoms with Crippen molar-refractivity contribution in [2.75, 3.05) is 44.7 Å². The van der Waals surface area contributed by atoms with Crippen molar-refractivity contribution in [1.82, 2.24) is 9.80 Å².